The molecule has 6 nitrogen and oxygen atoms in total. The fourth-order valence-electron chi connectivity index (χ4n) is 4.77. The first-order valence-corrected chi connectivity index (χ1v) is 9.60. The Morgan fingerprint density at radius 2 is 2.12 bits per heavy atom. The van der Waals surface area contributed by atoms with Gasteiger partial charge in [-0.05, 0) is 43.2 Å². The molecule has 0 bridgehead atoms. The highest BCUT2D eigenvalue weighted by molar-refractivity contribution is 5.99. The van der Waals surface area contributed by atoms with Crippen LogP contribution in [0.2, 0.25) is 0 Å². The van der Waals surface area contributed by atoms with Gasteiger partial charge < -0.3 is 10.0 Å². The molecule has 1 aromatic heterocycles. The maximum Gasteiger partial charge on any atom is 0.233 e. The molecular formula is C20H26N4O2. The summed E-state index contributed by atoms with van der Waals surface area (Å²) in [6, 6.07) is 8.18. The molecule has 0 saturated heterocycles. The average molecular weight is 354 g/mol. The minimum atomic E-state index is -0.367. The molecule has 1 aromatic carbocycles. The number of amides is 1. The zero-order chi connectivity index (χ0) is 18.0. The highest BCUT2D eigenvalue weighted by Gasteiger charge is 2.45. The number of carbonyl (C=O) groups excluding carboxylic acids is 1. The third kappa shape index (κ3) is 3.03. The lowest BCUT2D eigenvalue weighted by molar-refractivity contribution is -0.128. The van der Waals surface area contributed by atoms with Crippen LogP contribution in [0.25, 0.3) is 0 Å². The average Bonchev–Trinajstić information content (AvgIpc) is 3.35. The Morgan fingerprint density at radius 3 is 2.85 bits per heavy atom. The van der Waals surface area contributed by atoms with E-state index in [1.54, 1.807) is 6.20 Å². The van der Waals surface area contributed by atoms with E-state index >= 15 is 0 Å². The Labute approximate surface area is 153 Å². The van der Waals surface area contributed by atoms with Crippen LogP contribution in [0.3, 0.4) is 0 Å². The first-order chi connectivity index (χ1) is 12.7. The predicted molar refractivity (Wildman–Crippen MR) is 98.8 cm³/mol. The molecule has 2 heterocycles. The van der Waals surface area contributed by atoms with Crippen molar-refractivity contribution in [2.45, 2.75) is 50.9 Å². The zero-order valence-electron chi connectivity index (χ0n) is 15.0. The van der Waals surface area contributed by atoms with Crippen LogP contribution >= 0.6 is 0 Å². The maximum absolute atomic E-state index is 13.7. The Kier molecular flexibility index (Phi) is 4.76. The van der Waals surface area contributed by atoms with Gasteiger partial charge in [0.15, 0.2) is 0 Å². The summed E-state index contributed by atoms with van der Waals surface area (Å²) >= 11 is 0. The maximum atomic E-state index is 13.7. The van der Waals surface area contributed by atoms with E-state index in [1.165, 1.54) is 5.56 Å². The molecule has 4 rings (SSSR count). The number of aliphatic hydroxyl groups is 1. The second-order valence-electron chi connectivity index (χ2n) is 7.64. The molecular weight excluding hydrogens is 328 g/mol. The van der Waals surface area contributed by atoms with E-state index in [2.05, 4.69) is 27.5 Å². The molecule has 1 fully saturated rings. The zero-order valence-corrected chi connectivity index (χ0v) is 15.0. The summed E-state index contributed by atoms with van der Waals surface area (Å²) in [5, 5.41) is 20.2. The second-order valence-corrected chi connectivity index (χ2v) is 7.64. The van der Waals surface area contributed by atoms with Crippen molar-refractivity contribution in [2.24, 2.45) is 5.41 Å². The monoisotopic (exact) mass is 354 g/mol. The number of aromatic amines is 1. The first-order valence-electron chi connectivity index (χ1n) is 9.60. The molecule has 138 valence electrons. The third-order valence-corrected chi connectivity index (χ3v) is 6.09. The van der Waals surface area contributed by atoms with Gasteiger partial charge in [-0.3, -0.25) is 4.79 Å². The summed E-state index contributed by atoms with van der Waals surface area (Å²) < 4.78 is 0. The topological polar surface area (TPSA) is 82.1 Å². The summed E-state index contributed by atoms with van der Waals surface area (Å²) in [6.07, 6.45) is 8.05. The molecule has 6 heteroatoms. The number of carbonyl (C=O) groups is 1. The molecule has 1 saturated carbocycles. The summed E-state index contributed by atoms with van der Waals surface area (Å²) in [5.74, 6) is 0.559. The van der Waals surface area contributed by atoms with Gasteiger partial charge in [-0.1, -0.05) is 31.0 Å². The molecule has 2 aliphatic rings. The third-order valence-electron chi connectivity index (χ3n) is 6.09. The van der Waals surface area contributed by atoms with Crippen LogP contribution in [0.5, 0.6) is 0 Å². The van der Waals surface area contributed by atoms with Crippen molar-refractivity contribution < 1.29 is 9.90 Å². The molecule has 0 radical (unpaired) electrons. The van der Waals surface area contributed by atoms with Crippen molar-refractivity contribution in [3.05, 3.63) is 41.7 Å². The van der Waals surface area contributed by atoms with E-state index < -0.39 is 0 Å². The van der Waals surface area contributed by atoms with Gasteiger partial charge in [0.1, 0.15) is 0 Å². The Hall–Kier alpha value is -2.21. The lowest BCUT2D eigenvalue weighted by atomic mass is 9.78. The van der Waals surface area contributed by atoms with Gasteiger partial charge in [-0.15, -0.1) is 0 Å². The number of nitrogens with one attached hydrogen (secondary N) is 1. The van der Waals surface area contributed by atoms with E-state index in [-0.39, 0.29) is 17.9 Å². The van der Waals surface area contributed by atoms with Crippen molar-refractivity contribution in [2.75, 3.05) is 18.1 Å². The Morgan fingerprint density at radius 1 is 1.31 bits per heavy atom. The van der Waals surface area contributed by atoms with Crippen LogP contribution in [-0.2, 0) is 11.2 Å². The van der Waals surface area contributed by atoms with Gasteiger partial charge in [-0.2, -0.15) is 15.4 Å². The number of aromatic nitrogens is 3. The molecule has 1 amide bonds. The van der Waals surface area contributed by atoms with Gasteiger partial charge in [0.25, 0.3) is 0 Å². The number of anilines is 1. The lowest BCUT2D eigenvalue weighted by Crippen LogP contribution is -2.46. The summed E-state index contributed by atoms with van der Waals surface area (Å²) in [6.45, 7) is 0.907. The minimum absolute atomic E-state index is 0.184. The fourth-order valence-corrected chi connectivity index (χ4v) is 4.77. The molecule has 1 aliphatic carbocycles. The Balaban J connectivity index is 1.65. The number of hydrogen-bond acceptors (Lipinski definition) is 4. The van der Waals surface area contributed by atoms with E-state index in [0.29, 0.717) is 12.3 Å². The lowest BCUT2D eigenvalue weighted by Gasteiger charge is -2.39. The van der Waals surface area contributed by atoms with Crippen LogP contribution in [-0.4, -0.2) is 39.6 Å². The number of hydrogen-bond donors (Lipinski definition) is 2. The van der Waals surface area contributed by atoms with E-state index in [9.17, 15) is 9.90 Å². The standard InChI is InChI=1S/C20H26N4O2/c25-12-8-15-7-11-24(18-6-2-1-5-17(15)18)19(26)20(9-3-4-10-20)13-16-14-21-23-22-16/h1-2,5-6,14-15,25H,3-4,7-13H2,(H,21,22,23). The normalized spacial score (nSPS) is 21.6. The molecule has 1 atom stereocenters. The van der Waals surface area contributed by atoms with E-state index in [0.717, 1.165) is 56.5 Å². The van der Waals surface area contributed by atoms with Gasteiger partial charge in [0.2, 0.25) is 5.91 Å². The predicted octanol–water partition coefficient (Wildman–Crippen LogP) is 2.81. The van der Waals surface area contributed by atoms with Crippen LogP contribution in [0, 0.1) is 5.41 Å². The van der Waals surface area contributed by atoms with Crippen molar-refractivity contribution in [1.82, 2.24) is 15.4 Å². The largest absolute Gasteiger partial charge is 0.396 e. The number of H-pyrrole nitrogens is 1. The van der Waals surface area contributed by atoms with Crippen LogP contribution in [0.1, 0.15) is 55.7 Å². The molecule has 26 heavy (non-hydrogen) atoms. The van der Waals surface area contributed by atoms with Gasteiger partial charge in [0, 0.05) is 25.3 Å². The highest BCUT2D eigenvalue weighted by atomic mass is 16.3. The molecule has 2 aromatic rings. The van der Waals surface area contributed by atoms with Crippen LogP contribution in [0.4, 0.5) is 5.69 Å². The van der Waals surface area contributed by atoms with Crippen molar-refractivity contribution in [3.63, 3.8) is 0 Å². The number of nitrogens with zero attached hydrogens (tertiary/aromatic N) is 3. The smallest absolute Gasteiger partial charge is 0.233 e. The Bertz CT molecular complexity index is 753. The molecule has 2 N–H and O–H groups in total. The van der Waals surface area contributed by atoms with Gasteiger partial charge >= 0.3 is 0 Å². The second kappa shape index (κ2) is 7.19. The number of para-hydroxylation sites is 1. The number of aliphatic hydroxyl groups excluding tert-OH is 1. The fraction of sp³-hybridized carbons (Fsp3) is 0.550. The van der Waals surface area contributed by atoms with Gasteiger partial charge in [-0.25, -0.2) is 0 Å². The van der Waals surface area contributed by atoms with Gasteiger partial charge in [0.05, 0.1) is 17.3 Å². The van der Waals surface area contributed by atoms with E-state index in [4.69, 9.17) is 0 Å². The SMILES string of the molecule is O=C(N1CCC(CCO)c2ccccc21)C1(Cc2cn[nH]n2)CCCC1. The quantitative estimate of drug-likeness (QED) is 0.865. The molecule has 1 aliphatic heterocycles. The number of fused-ring (bicyclic) bond motifs is 1. The summed E-state index contributed by atoms with van der Waals surface area (Å²) in [4.78, 5) is 15.7. The number of benzene rings is 1. The molecule has 1 unspecified atom stereocenters. The first kappa shape index (κ1) is 17.2. The van der Waals surface area contributed by atoms with Crippen molar-refractivity contribution in [3.8, 4) is 0 Å². The minimum Gasteiger partial charge on any atom is -0.396 e. The number of rotatable bonds is 5. The summed E-state index contributed by atoms with van der Waals surface area (Å²) in [5.41, 5.74) is 2.71. The summed E-state index contributed by atoms with van der Waals surface area (Å²) in [7, 11) is 0. The van der Waals surface area contributed by atoms with Crippen LogP contribution in [0.15, 0.2) is 30.5 Å². The van der Waals surface area contributed by atoms with Crippen molar-refractivity contribution >= 4 is 11.6 Å². The van der Waals surface area contributed by atoms with Crippen LogP contribution < -0.4 is 4.90 Å². The van der Waals surface area contributed by atoms with Crippen molar-refractivity contribution in [1.29, 1.82) is 0 Å². The molecule has 0 spiro atoms. The van der Waals surface area contributed by atoms with E-state index in [1.807, 2.05) is 17.0 Å². The highest BCUT2D eigenvalue weighted by Crippen LogP contribution is 2.45.